The van der Waals surface area contributed by atoms with Gasteiger partial charge < -0.3 is 14.2 Å². The van der Waals surface area contributed by atoms with E-state index in [2.05, 4.69) is 15.3 Å². The minimum absolute atomic E-state index is 0.0832. The van der Waals surface area contributed by atoms with Gasteiger partial charge in [-0.05, 0) is 11.6 Å². The molecule has 2 aromatic carbocycles. The Morgan fingerprint density at radius 1 is 0.974 bits per heavy atom. The van der Waals surface area contributed by atoms with Crippen LogP contribution in [0, 0.1) is 5.92 Å². The smallest absolute Gasteiger partial charge is 0.422 e. The Kier molecular flexibility index (Phi) is 6.21. The van der Waals surface area contributed by atoms with E-state index in [0.29, 0.717) is 0 Å². The fraction of sp³-hybridized carbons (Fsp3) is 0.250. The monoisotopic (exact) mass is 538 g/mol. The van der Waals surface area contributed by atoms with E-state index in [4.69, 9.17) is 14.2 Å². The molecule has 0 radical (unpaired) electrons. The van der Waals surface area contributed by atoms with Crippen molar-refractivity contribution in [3.05, 3.63) is 65.2 Å². The summed E-state index contributed by atoms with van der Waals surface area (Å²) in [5, 5.41) is 15.9. The molecule has 4 aromatic rings. The fourth-order valence-corrected chi connectivity index (χ4v) is 4.15. The van der Waals surface area contributed by atoms with Gasteiger partial charge in [-0.1, -0.05) is 52.8 Å². The molecule has 0 aliphatic carbocycles. The van der Waals surface area contributed by atoms with Crippen LogP contribution < -0.4 is 0 Å². The third-order valence-corrected chi connectivity index (χ3v) is 5.99. The van der Waals surface area contributed by atoms with Gasteiger partial charge in [0.05, 0.1) is 11.5 Å². The van der Waals surface area contributed by atoms with Crippen molar-refractivity contribution in [2.45, 2.75) is 18.9 Å². The molecule has 1 saturated heterocycles. The fourth-order valence-electron chi connectivity index (χ4n) is 4.15. The SMILES string of the molecule is O=C(O)C1CN(Cc2ccc(-c3noc(-c4onc(-c5ccccc5)c4C(F)(F)F)n3)c(C(F)(F)F)c2)C1. The molecule has 1 aliphatic heterocycles. The van der Waals surface area contributed by atoms with Crippen molar-refractivity contribution in [3.8, 4) is 34.3 Å². The Labute approximate surface area is 209 Å². The summed E-state index contributed by atoms with van der Waals surface area (Å²) in [4.78, 5) is 16.4. The van der Waals surface area contributed by atoms with Crippen molar-refractivity contribution in [2.75, 3.05) is 13.1 Å². The molecule has 0 spiro atoms. The number of rotatable bonds is 6. The highest BCUT2D eigenvalue weighted by molar-refractivity contribution is 5.72. The molecule has 1 N–H and O–H groups in total. The number of carbonyl (C=O) groups is 1. The molecule has 2 aromatic heterocycles. The van der Waals surface area contributed by atoms with Crippen molar-refractivity contribution in [1.82, 2.24) is 20.2 Å². The number of carboxylic acids is 1. The van der Waals surface area contributed by atoms with Gasteiger partial charge in [-0.3, -0.25) is 9.69 Å². The summed E-state index contributed by atoms with van der Waals surface area (Å²) in [5.74, 6) is -3.86. The lowest BCUT2D eigenvalue weighted by molar-refractivity contribution is -0.147. The van der Waals surface area contributed by atoms with E-state index in [-0.39, 0.29) is 30.8 Å². The summed E-state index contributed by atoms with van der Waals surface area (Å²) in [6.45, 7) is 0.493. The summed E-state index contributed by atoms with van der Waals surface area (Å²) < 4.78 is 93.3. The molecule has 198 valence electrons. The number of halogens is 6. The molecule has 5 rings (SSSR count). The van der Waals surface area contributed by atoms with Crippen LogP contribution >= 0.6 is 0 Å². The van der Waals surface area contributed by atoms with Gasteiger partial charge in [0, 0.05) is 30.8 Å². The Morgan fingerprint density at radius 2 is 1.68 bits per heavy atom. The van der Waals surface area contributed by atoms with Gasteiger partial charge in [0.15, 0.2) is 0 Å². The first kappa shape index (κ1) is 25.4. The molecule has 0 saturated carbocycles. The molecule has 1 aliphatic rings. The minimum atomic E-state index is -4.95. The van der Waals surface area contributed by atoms with Crippen LogP contribution in [0.3, 0.4) is 0 Å². The predicted octanol–water partition coefficient (Wildman–Crippen LogP) is 5.61. The first-order valence-corrected chi connectivity index (χ1v) is 11.0. The lowest BCUT2D eigenvalue weighted by atomic mass is 9.98. The maximum absolute atomic E-state index is 13.9. The molecule has 1 fully saturated rings. The highest BCUT2D eigenvalue weighted by Gasteiger charge is 2.43. The minimum Gasteiger partial charge on any atom is -0.481 e. The maximum atomic E-state index is 13.9. The van der Waals surface area contributed by atoms with Crippen LogP contribution in [-0.2, 0) is 23.7 Å². The van der Waals surface area contributed by atoms with Crippen LogP contribution in [0.5, 0.6) is 0 Å². The average Bonchev–Trinajstić information content (AvgIpc) is 3.48. The standard InChI is InChI=1S/C24H16F6N4O4/c25-23(26,27)16-8-12(9-34-10-14(11-34)22(35)36)6-7-15(16)20-31-21(38-33-20)19-17(24(28,29)30)18(32-37-19)13-4-2-1-3-5-13/h1-8,14H,9-11H2,(H,35,36). The molecule has 38 heavy (non-hydrogen) atoms. The summed E-state index contributed by atoms with van der Waals surface area (Å²) in [7, 11) is 0. The highest BCUT2D eigenvalue weighted by atomic mass is 19.4. The maximum Gasteiger partial charge on any atom is 0.422 e. The Balaban J connectivity index is 1.49. The summed E-state index contributed by atoms with van der Waals surface area (Å²) in [5.41, 5.74) is -3.13. The van der Waals surface area contributed by atoms with E-state index in [0.717, 1.165) is 12.1 Å². The lowest BCUT2D eigenvalue weighted by Gasteiger charge is -2.36. The molecule has 14 heteroatoms. The van der Waals surface area contributed by atoms with Gasteiger partial charge in [-0.2, -0.15) is 31.3 Å². The van der Waals surface area contributed by atoms with E-state index < -0.39 is 64.1 Å². The molecule has 0 atom stereocenters. The zero-order valence-corrected chi connectivity index (χ0v) is 19.0. The van der Waals surface area contributed by atoms with Crippen LogP contribution in [0.2, 0.25) is 0 Å². The Hall–Kier alpha value is -4.20. The van der Waals surface area contributed by atoms with Crippen molar-refractivity contribution in [2.24, 2.45) is 5.92 Å². The second kappa shape index (κ2) is 9.28. The quantitative estimate of drug-likeness (QED) is 0.316. The van der Waals surface area contributed by atoms with Crippen LogP contribution in [0.1, 0.15) is 16.7 Å². The number of alkyl halides is 6. The predicted molar refractivity (Wildman–Crippen MR) is 117 cm³/mol. The van der Waals surface area contributed by atoms with Crippen molar-refractivity contribution >= 4 is 5.97 Å². The van der Waals surface area contributed by atoms with Crippen LogP contribution in [0.15, 0.2) is 57.6 Å². The van der Waals surface area contributed by atoms with Gasteiger partial charge in [0.2, 0.25) is 11.6 Å². The second-order valence-corrected chi connectivity index (χ2v) is 8.63. The number of nitrogens with zero attached hydrogens (tertiary/aromatic N) is 4. The third-order valence-electron chi connectivity index (χ3n) is 5.99. The number of aromatic nitrogens is 3. The molecule has 0 bridgehead atoms. The number of hydrogen-bond donors (Lipinski definition) is 1. The highest BCUT2D eigenvalue weighted by Crippen LogP contribution is 2.44. The number of carboxylic acid groups (broad SMARTS) is 1. The summed E-state index contributed by atoms with van der Waals surface area (Å²) in [6.07, 6.45) is -9.81. The Bertz CT molecular complexity index is 1470. The topological polar surface area (TPSA) is 105 Å². The van der Waals surface area contributed by atoms with Gasteiger partial charge >= 0.3 is 18.3 Å². The van der Waals surface area contributed by atoms with Crippen molar-refractivity contribution < 1.29 is 45.3 Å². The van der Waals surface area contributed by atoms with Crippen LogP contribution in [0.25, 0.3) is 34.3 Å². The van der Waals surface area contributed by atoms with Gasteiger partial charge in [-0.15, -0.1) is 0 Å². The van der Waals surface area contributed by atoms with Gasteiger partial charge in [-0.25, -0.2) is 0 Å². The average molecular weight is 538 g/mol. The summed E-state index contributed by atoms with van der Waals surface area (Å²) >= 11 is 0. The molecular weight excluding hydrogens is 522 g/mol. The second-order valence-electron chi connectivity index (χ2n) is 8.63. The zero-order valence-electron chi connectivity index (χ0n) is 19.0. The Morgan fingerprint density at radius 3 is 2.32 bits per heavy atom. The molecule has 0 unspecified atom stereocenters. The van der Waals surface area contributed by atoms with Crippen molar-refractivity contribution in [3.63, 3.8) is 0 Å². The van der Waals surface area contributed by atoms with E-state index >= 15 is 0 Å². The lowest BCUT2D eigenvalue weighted by Crippen LogP contribution is -2.49. The molecule has 0 amide bonds. The van der Waals surface area contributed by atoms with E-state index in [1.54, 1.807) is 11.0 Å². The van der Waals surface area contributed by atoms with Crippen LogP contribution in [0.4, 0.5) is 26.3 Å². The first-order valence-electron chi connectivity index (χ1n) is 11.0. The molecule has 3 heterocycles. The number of likely N-dealkylation sites (tertiary alicyclic amines) is 1. The number of aliphatic carboxylic acids is 1. The number of hydrogen-bond acceptors (Lipinski definition) is 7. The van der Waals surface area contributed by atoms with E-state index in [1.165, 1.54) is 30.3 Å². The number of benzene rings is 2. The van der Waals surface area contributed by atoms with Gasteiger partial charge in [0.1, 0.15) is 11.3 Å². The molecule has 8 nitrogen and oxygen atoms in total. The summed E-state index contributed by atoms with van der Waals surface area (Å²) in [6, 6.07) is 10.7. The van der Waals surface area contributed by atoms with Gasteiger partial charge in [0.25, 0.3) is 5.89 Å². The first-order chi connectivity index (χ1) is 17.9. The van der Waals surface area contributed by atoms with E-state index in [9.17, 15) is 31.1 Å². The molecular formula is C24H16F6N4O4. The van der Waals surface area contributed by atoms with E-state index in [1.807, 2.05) is 0 Å². The zero-order chi connectivity index (χ0) is 27.2. The largest absolute Gasteiger partial charge is 0.481 e. The van der Waals surface area contributed by atoms with Crippen molar-refractivity contribution in [1.29, 1.82) is 0 Å². The third kappa shape index (κ3) is 4.86. The normalized spacial score (nSPS) is 15.0. The van der Waals surface area contributed by atoms with Crippen LogP contribution in [-0.4, -0.2) is 44.4 Å².